The fraction of sp³-hybridized carbons (Fsp3) is 0.529. The Morgan fingerprint density at radius 1 is 0.705 bits per heavy atom. The Morgan fingerprint density at radius 3 is 1.52 bits per heavy atom. The van der Waals surface area contributed by atoms with Crippen molar-refractivity contribution < 1.29 is 39.2 Å². The molecule has 4 heterocycles. The van der Waals surface area contributed by atoms with Crippen molar-refractivity contribution in [3.63, 3.8) is 0 Å². The molecule has 2 spiro atoms. The molecule has 2 saturated heterocycles. The van der Waals surface area contributed by atoms with Crippen LogP contribution in [0.25, 0.3) is 11.1 Å². The number of nitrogens with zero attached hydrogens (tertiary/aromatic N) is 2. The van der Waals surface area contributed by atoms with Gasteiger partial charge in [0.1, 0.15) is 24.4 Å². The minimum atomic E-state index is -0.877. The average molecular weight is 601 g/mol. The van der Waals surface area contributed by atoms with E-state index in [1.54, 1.807) is 26.2 Å². The fourth-order valence-electron chi connectivity index (χ4n) is 11.3. The summed E-state index contributed by atoms with van der Waals surface area (Å²) < 4.78 is 12.2. The van der Waals surface area contributed by atoms with E-state index in [1.807, 2.05) is 24.3 Å². The Bertz CT molecular complexity index is 1640. The quantitative estimate of drug-likeness (QED) is 0.222. The van der Waals surface area contributed by atoms with Crippen LogP contribution in [0.15, 0.2) is 36.4 Å². The van der Waals surface area contributed by atoms with Crippen LogP contribution in [0, 0.1) is 22.3 Å². The highest BCUT2D eigenvalue weighted by molar-refractivity contribution is 5.85. The highest BCUT2D eigenvalue weighted by atomic mass is 16.6. The molecule has 4 N–H and O–H groups in total. The van der Waals surface area contributed by atoms with E-state index in [0.717, 1.165) is 22.3 Å². The highest BCUT2D eigenvalue weighted by Gasteiger charge is 2.69. The zero-order valence-corrected chi connectivity index (χ0v) is 24.6. The van der Waals surface area contributed by atoms with E-state index in [4.69, 9.17) is 9.47 Å². The Hall–Kier alpha value is -3.12. The number of phenols is 2. The molecule has 44 heavy (non-hydrogen) atoms. The lowest BCUT2D eigenvalue weighted by atomic mass is 9.52. The van der Waals surface area contributed by atoms with Crippen LogP contribution in [-0.2, 0) is 23.7 Å². The van der Waals surface area contributed by atoms with Crippen LogP contribution < -0.4 is 9.47 Å². The minimum absolute atomic E-state index is 0.113. The third kappa shape index (κ3) is 2.66. The van der Waals surface area contributed by atoms with Gasteiger partial charge in [-0.05, 0) is 23.3 Å². The van der Waals surface area contributed by atoms with E-state index in [0.29, 0.717) is 61.4 Å². The Labute approximate surface area is 254 Å². The molecule has 4 aliphatic carbocycles. The van der Waals surface area contributed by atoms with Crippen molar-refractivity contribution in [2.24, 2.45) is 11.8 Å². The third-order valence-electron chi connectivity index (χ3n) is 13.3. The molecule has 4 bridgehead atoms. The number of aromatic hydroxyl groups is 2. The summed E-state index contributed by atoms with van der Waals surface area (Å²) in [6.45, 7) is 0.802. The number of hydrogen-bond acceptors (Lipinski definition) is 8. The van der Waals surface area contributed by atoms with Crippen molar-refractivity contribution in [2.75, 3.05) is 27.2 Å². The second kappa shape index (κ2) is 7.63. The summed E-state index contributed by atoms with van der Waals surface area (Å²) in [7, 11) is 3.44. The topological polar surface area (TPSA) is 146 Å². The molecule has 2 aromatic carbocycles. The number of quaternary nitrogens is 2. The summed E-state index contributed by atoms with van der Waals surface area (Å²) >= 11 is 0. The zero-order valence-electron chi connectivity index (χ0n) is 24.6. The van der Waals surface area contributed by atoms with Gasteiger partial charge in [-0.1, -0.05) is 24.3 Å². The van der Waals surface area contributed by atoms with Crippen LogP contribution in [0.2, 0.25) is 0 Å². The smallest absolute Gasteiger partial charge is 0.166 e. The van der Waals surface area contributed by atoms with Crippen LogP contribution in [0.3, 0.4) is 0 Å². The maximum Gasteiger partial charge on any atom is 0.166 e. The Morgan fingerprint density at radius 2 is 1.11 bits per heavy atom. The molecular weight excluding hydrogens is 564 g/mol. The fourth-order valence-corrected chi connectivity index (χ4v) is 11.3. The lowest BCUT2D eigenvalue weighted by molar-refractivity contribution is -0.898. The SMILES string of the molecule is C[N+]1([O-])CC[C@]23c4c5cc(-c6cc7c8c(c6O)O[C@H]6[C@@H](O)C=C[C@H]9[C@@H](C7)[N+](C)([O-])CC[C@@]896)c(O)c4O[C@H]2[C@@H](O)C=C[C@H]3[C@H]1C5. The van der Waals surface area contributed by atoms with E-state index in [-0.39, 0.29) is 44.7 Å². The van der Waals surface area contributed by atoms with Crippen molar-refractivity contribution in [3.8, 4) is 34.1 Å². The number of likely N-dealkylation sites (tertiary alicyclic amines) is 2. The molecule has 230 valence electrons. The van der Waals surface area contributed by atoms with E-state index in [9.17, 15) is 30.8 Å². The van der Waals surface area contributed by atoms with Crippen LogP contribution in [0.5, 0.6) is 23.0 Å². The van der Waals surface area contributed by atoms with Gasteiger partial charge in [-0.3, -0.25) is 0 Å². The lowest BCUT2D eigenvalue weighted by Gasteiger charge is -2.61. The summed E-state index contributed by atoms with van der Waals surface area (Å²) in [5.41, 5.74) is 3.06. The van der Waals surface area contributed by atoms with Gasteiger partial charge in [-0.2, -0.15) is 0 Å². The van der Waals surface area contributed by atoms with Gasteiger partial charge >= 0.3 is 0 Å². The summed E-state index contributed by atoms with van der Waals surface area (Å²) in [5.74, 6) is 0.172. The molecular formula is C34H36N2O8. The molecule has 2 fully saturated rings. The van der Waals surface area contributed by atoms with Crippen molar-refractivity contribution in [2.45, 2.75) is 73.0 Å². The van der Waals surface area contributed by atoms with Gasteiger partial charge in [0.25, 0.3) is 0 Å². The summed E-state index contributed by atoms with van der Waals surface area (Å²) in [5, 5.41) is 73.5. The van der Waals surface area contributed by atoms with E-state index in [2.05, 4.69) is 0 Å². The van der Waals surface area contributed by atoms with Gasteiger partial charge in [0.15, 0.2) is 23.0 Å². The molecule has 8 aliphatic rings. The molecule has 0 radical (unpaired) electrons. The van der Waals surface area contributed by atoms with Gasteiger partial charge in [-0.15, -0.1) is 0 Å². The standard InChI is InChI=1S/C34H36N2O8/c1-35(41)9-7-33-19-3-5-23(37)31(33)43-29-25(33)15(13-21(19)35)11-17(27(29)39)18-12-16-14-22-20-4-6-24(38)32-34(20,8-10-36(22,2)42)26(16)30(44-32)28(18)40/h3-6,11-12,19-24,31-32,37-40H,7-10,13-14H2,1-2H3/t19-,20-,21+,22+,23-,24-,31-,32-,33-,34-,35?,36?/m0/s1. The molecule has 10 nitrogen and oxygen atoms in total. The molecule has 10 heteroatoms. The number of ether oxygens (including phenoxy) is 2. The summed E-state index contributed by atoms with van der Waals surface area (Å²) in [6.07, 6.45) is 6.46. The second-order valence-corrected chi connectivity index (χ2v) is 15.1. The number of hydrogen-bond donors (Lipinski definition) is 4. The van der Waals surface area contributed by atoms with E-state index < -0.39 is 35.2 Å². The maximum absolute atomic E-state index is 13.8. The molecule has 4 aliphatic heterocycles. The predicted octanol–water partition coefficient (Wildman–Crippen LogP) is 2.40. The minimum Gasteiger partial charge on any atom is -0.633 e. The number of rotatable bonds is 1. The number of likely N-dealkylation sites (N-methyl/N-ethyl adjacent to an activating group) is 2. The van der Waals surface area contributed by atoms with Crippen LogP contribution >= 0.6 is 0 Å². The number of piperidine rings is 2. The maximum atomic E-state index is 13.8. The van der Waals surface area contributed by atoms with Gasteiger partial charge < -0.3 is 49.6 Å². The number of benzene rings is 2. The molecule has 0 amide bonds. The highest BCUT2D eigenvalue weighted by Crippen LogP contribution is 2.67. The molecule has 12 atom stereocenters. The van der Waals surface area contributed by atoms with Gasteiger partial charge in [0.2, 0.25) is 0 Å². The van der Waals surface area contributed by atoms with Crippen molar-refractivity contribution in [1.82, 2.24) is 0 Å². The number of aliphatic hydroxyl groups excluding tert-OH is 2. The van der Waals surface area contributed by atoms with Crippen molar-refractivity contribution >= 4 is 0 Å². The van der Waals surface area contributed by atoms with Gasteiger partial charge in [-0.25, -0.2) is 0 Å². The monoisotopic (exact) mass is 600 g/mol. The molecule has 2 unspecified atom stereocenters. The number of hydroxylamine groups is 6. The average Bonchev–Trinajstić information content (AvgIpc) is 3.53. The summed E-state index contributed by atoms with van der Waals surface area (Å²) in [6, 6.07) is 3.22. The lowest BCUT2D eigenvalue weighted by Crippen LogP contribution is -2.69. The van der Waals surface area contributed by atoms with Crippen molar-refractivity contribution in [3.05, 3.63) is 69.1 Å². The first-order valence-electron chi connectivity index (χ1n) is 15.9. The van der Waals surface area contributed by atoms with E-state index in [1.165, 1.54) is 0 Å². The number of aliphatic hydroxyl groups is 2. The van der Waals surface area contributed by atoms with Crippen molar-refractivity contribution in [1.29, 1.82) is 0 Å². The zero-order chi connectivity index (χ0) is 30.3. The normalized spacial score (nSPS) is 47.5. The molecule has 10 rings (SSSR count). The number of phenolic OH excluding ortho intramolecular Hbond substituents is 2. The van der Waals surface area contributed by atoms with Crippen LogP contribution in [0.1, 0.15) is 35.1 Å². The summed E-state index contributed by atoms with van der Waals surface area (Å²) in [4.78, 5) is 0. The Balaban J connectivity index is 1.20. The first kappa shape index (κ1) is 26.1. The van der Waals surface area contributed by atoms with Gasteiger partial charge in [0.05, 0.1) is 50.1 Å². The molecule has 0 saturated carbocycles. The van der Waals surface area contributed by atoms with Crippen LogP contribution in [0.4, 0.5) is 0 Å². The van der Waals surface area contributed by atoms with E-state index >= 15 is 0 Å². The predicted molar refractivity (Wildman–Crippen MR) is 158 cm³/mol. The molecule has 0 aromatic heterocycles. The first-order chi connectivity index (χ1) is 20.9. The first-order valence-corrected chi connectivity index (χ1v) is 15.9. The third-order valence-corrected chi connectivity index (χ3v) is 13.3. The molecule has 2 aromatic rings. The van der Waals surface area contributed by atoms with Crippen LogP contribution in [-0.4, -0.2) is 93.4 Å². The Kier molecular flexibility index (Phi) is 4.53. The second-order valence-electron chi connectivity index (χ2n) is 15.1. The van der Waals surface area contributed by atoms with Gasteiger partial charge in [0, 0.05) is 59.8 Å². The largest absolute Gasteiger partial charge is 0.633 e.